The van der Waals surface area contributed by atoms with Gasteiger partial charge in [0.2, 0.25) is 0 Å². The molecule has 90 valence electrons. The van der Waals surface area contributed by atoms with Gasteiger partial charge in [-0.1, -0.05) is 24.6 Å². The van der Waals surface area contributed by atoms with Crippen molar-refractivity contribution in [1.82, 2.24) is 9.78 Å². The van der Waals surface area contributed by atoms with Crippen LogP contribution >= 0.6 is 11.6 Å². The number of rotatable bonds is 3. The fraction of sp³-hybridized carbons (Fsp3) is 0.308. The minimum atomic E-state index is 0.621. The van der Waals surface area contributed by atoms with Crippen LogP contribution in [0.1, 0.15) is 12.6 Å². The molecule has 1 aromatic heterocycles. The number of halogens is 1. The molecule has 17 heavy (non-hydrogen) atoms. The number of hydrogen-bond donors (Lipinski definition) is 0. The van der Waals surface area contributed by atoms with Gasteiger partial charge in [0.15, 0.2) is 0 Å². The molecule has 0 radical (unpaired) electrons. The highest BCUT2D eigenvalue weighted by Crippen LogP contribution is 2.31. The Kier molecular flexibility index (Phi) is 3.38. The van der Waals surface area contributed by atoms with E-state index in [1.54, 1.807) is 7.11 Å². The molecule has 0 saturated carbocycles. The van der Waals surface area contributed by atoms with Crippen LogP contribution in [0.5, 0.6) is 5.75 Å². The summed E-state index contributed by atoms with van der Waals surface area (Å²) < 4.78 is 7.04. The second-order valence-corrected chi connectivity index (χ2v) is 4.24. The lowest BCUT2D eigenvalue weighted by Gasteiger charge is -2.07. The number of aryl methyl sites for hydroxylation is 1. The predicted octanol–water partition coefficient (Wildman–Crippen LogP) is 3.31. The summed E-state index contributed by atoms with van der Waals surface area (Å²) >= 11 is 6.13. The number of benzene rings is 1. The SMILES string of the molecule is CCc1c(-c2ccc(OC)c(Cl)c2)cnn1C. The van der Waals surface area contributed by atoms with Crippen LogP contribution in [0.25, 0.3) is 11.1 Å². The molecule has 0 aliphatic carbocycles. The van der Waals surface area contributed by atoms with E-state index in [0.717, 1.165) is 17.5 Å². The van der Waals surface area contributed by atoms with Crippen molar-refractivity contribution < 1.29 is 4.74 Å². The summed E-state index contributed by atoms with van der Waals surface area (Å²) in [6, 6.07) is 5.79. The third kappa shape index (κ3) is 2.15. The van der Waals surface area contributed by atoms with Crippen molar-refractivity contribution in [3.05, 3.63) is 35.1 Å². The molecule has 0 fully saturated rings. The van der Waals surface area contributed by atoms with Crippen molar-refractivity contribution in [2.24, 2.45) is 7.05 Å². The van der Waals surface area contributed by atoms with Crippen molar-refractivity contribution in [2.45, 2.75) is 13.3 Å². The van der Waals surface area contributed by atoms with Gasteiger partial charge < -0.3 is 4.74 Å². The highest BCUT2D eigenvalue weighted by molar-refractivity contribution is 6.32. The average molecular weight is 251 g/mol. The Morgan fingerprint density at radius 1 is 1.41 bits per heavy atom. The molecule has 1 aromatic carbocycles. The highest BCUT2D eigenvalue weighted by atomic mass is 35.5. The molecule has 0 aliphatic rings. The van der Waals surface area contributed by atoms with Crippen LogP contribution < -0.4 is 4.74 Å². The lowest BCUT2D eigenvalue weighted by molar-refractivity contribution is 0.415. The Hall–Kier alpha value is -1.48. The van der Waals surface area contributed by atoms with Crippen molar-refractivity contribution in [3.8, 4) is 16.9 Å². The van der Waals surface area contributed by atoms with Crippen LogP contribution in [-0.4, -0.2) is 16.9 Å². The van der Waals surface area contributed by atoms with Crippen molar-refractivity contribution in [3.63, 3.8) is 0 Å². The fourth-order valence-corrected chi connectivity index (χ4v) is 2.21. The van der Waals surface area contributed by atoms with Gasteiger partial charge in [0.25, 0.3) is 0 Å². The minimum Gasteiger partial charge on any atom is -0.495 e. The summed E-state index contributed by atoms with van der Waals surface area (Å²) in [5, 5.41) is 4.90. The monoisotopic (exact) mass is 250 g/mol. The van der Waals surface area contributed by atoms with Gasteiger partial charge in [0.1, 0.15) is 5.75 Å². The van der Waals surface area contributed by atoms with Gasteiger partial charge in [-0.2, -0.15) is 5.10 Å². The van der Waals surface area contributed by atoms with Crippen molar-refractivity contribution in [1.29, 1.82) is 0 Å². The molecule has 0 saturated heterocycles. The summed E-state index contributed by atoms with van der Waals surface area (Å²) in [6.07, 6.45) is 2.81. The molecule has 0 spiro atoms. The predicted molar refractivity (Wildman–Crippen MR) is 69.6 cm³/mol. The standard InChI is InChI=1S/C13H15ClN2O/c1-4-12-10(8-15-16(12)2)9-5-6-13(17-3)11(14)7-9/h5-8H,4H2,1-3H3. The summed E-state index contributed by atoms with van der Waals surface area (Å²) in [7, 11) is 3.57. The maximum atomic E-state index is 6.13. The molecule has 0 unspecified atom stereocenters. The van der Waals surface area contributed by atoms with Gasteiger partial charge in [-0.05, 0) is 24.1 Å². The third-order valence-electron chi connectivity index (χ3n) is 2.86. The highest BCUT2D eigenvalue weighted by Gasteiger charge is 2.10. The Morgan fingerprint density at radius 3 is 2.76 bits per heavy atom. The van der Waals surface area contributed by atoms with Gasteiger partial charge in [-0.3, -0.25) is 4.68 Å². The van der Waals surface area contributed by atoms with Gasteiger partial charge in [-0.25, -0.2) is 0 Å². The molecule has 2 rings (SSSR count). The zero-order valence-corrected chi connectivity index (χ0v) is 11.0. The van der Waals surface area contributed by atoms with Crippen LogP contribution in [0, 0.1) is 0 Å². The van der Waals surface area contributed by atoms with Crippen LogP contribution in [0.3, 0.4) is 0 Å². The Labute approximate surface area is 106 Å². The van der Waals surface area contributed by atoms with Crippen molar-refractivity contribution in [2.75, 3.05) is 7.11 Å². The first kappa shape index (κ1) is 12.0. The third-order valence-corrected chi connectivity index (χ3v) is 3.15. The molecular weight excluding hydrogens is 236 g/mol. The molecule has 0 bridgehead atoms. The van der Waals surface area contributed by atoms with Crippen LogP contribution in [0.2, 0.25) is 5.02 Å². The van der Waals surface area contributed by atoms with Crippen molar-refractivity contribution >= 4 is 11.6 Å². The van der Waals surface area contributed by atoms with Crippen LogP contribution in [0.4, 0.5) is 0 Å². The van der Waals surface area contributed by atoms with E-state index >= 15 is 0 Å². The van der Waals surface area contributed by atoms with Gasteiger partial charge in [-0.15, -0.1) is 0 Å². The van der Waals surface area contributed by atoms with E-state index in [1.165, 1.54) is 5.69 Å². The largest absolute Gasteiger partial charge is 0.495 e. The first-order valence-electron chi connectivity index (χ1n) is 5.52. The Balaban J connectivity index is 2.49. The number of aromatic nitrogens is 2. The lowest BCUT2D eigenvalue weighted by atomic mass is 10.1. The van der Waals surface area contributed by atoms with Crippen LogP contribution in [0.15, 0.2) is 24.4 Å². The molecule has 2 aromatic rings. The number of hydrogen-bond acceptors (Lipinski definition) is 2. The summed E-state index contributed by atoms with van der Waals surface area (Å²) in [5.41, 5.74) is 3.39. The van der Waals surface area contributed by atoms with E-state index in [0.29, 0.717) is 10.8 Å². The molecule has 0 amide bonds. The number of ether oxygens (including phenoxy) is 1. The fourth-order valence-electron chi connectivity index (χ4n) is 1.96. The second-order valence-electron chi connectivity index (χ2n) is 3.83. The maximum absolute atomic E-state index is 6.13. The average Bonchev–Trinajstić information content (AvgIpc) is 2.70. The van der Waals surface area contributed by atoms with E-state index in [9.17, 15) is 0 Å². The van der Waals surface area contributed by atoms with Gasteiger partial charge >= 0.3 is 0 Å². The summed E-state index contributed by atoms with van der Waals surface area (Å²) in [5.74, 6) is 0.692. The molecule has 0 atom stereocenters. The number of methoxy groups -OCH3 is 1. The molecular formula is C13H15ClN2O. The zero-order chi connectivity index (χ0) is 12.4. The molecule has 0 aliphatic heterocycles. The molecule has 1 heterocycles. The van der Waals surface area contributed by atoms with Crippen LogP contribution in [-0.2, 0) is 13.5 Å². The van der Waals surface area contributed by atoms with E-state index in [-0.39, 0.29) is 0 Å². The molecule has 3 nitrogen and oxygen atoms in total. The van der Waals surface area contributed by atoms with E-state index in [1.807, 2.05) is 36.1 Å². The zero-order valence-electron chi connectivity index (χ0n) is 10.2. The lowest BCUT2D eigenvalue weighted by Crippen LogP contribution is -1.97. The second kappa shape index (κ2) is 4.80. The summed E-state index contributed by atoms with van der Waals surface area (Å²) in [4.78, 5) is 0. The van der Waals surface area contributed by atoms with Gasteiger partial charge in [0, 0.05) is 18.3 Å². The molecule has 0 N–H and O–H groups in total. The van der Waals surface area contributed by atoms with E-state index < -0.39 is 0 Å². The molecule has 4 heteroatoms. The quantitative estimate of drug-likeness (QED) is 0.836. The Bertz CT molecular complexity index is 534. The van der Waals surface area contributed by atoms with E-state index in [4.69, 9.17) is 16.3 Å². The maximum Gasteiger partial charge on any atom is 0.137 e. The Morgan fingerprint density at radius 2 is 2.18 bits per heavy atom. The summed E-state index contributed by atoms with van der Waals surface area (Å²) in [6.45, 7) is 2.12. The topological polar surface area (TPSA) is 27.1 Å². The van der Waals surface area contributed by atoms with E-state index in [2.05, 4.69) is 12.0 Å². The smallest absolute Gasteiger partial charge is 0.137 e. The number of nitrogens with zero attached hydrogens (tertiary/aromatic N) is 2. The first-order chi connectivity index (χ1) is 8.17. The van der Waals surface area contributed by atoms with Gasteiger partial charge in [0.05, 0.1) is 18.3 Å². The first-order valence-corrected chi connectivity index (χ1v) is 5.90. The normalized spacial score (nSPS) is 10.6. The minimum absolute atomic E-state index is 0.621.